The van der Waals surface area contributed by atoms with Gasteiger partial charge in [0.2, 0.25) is 17.9 Å². The van der Waals surface area contributed by atoms with E-state index in [1.165, 1.54) is 24.3 Å². The smallest absolute Gasteiger partial charge is 0.548 e. The van der Waals surface area contributed by atoms with Crippen LogP contribution in [0.4, 0.5) is 0 Å². The first-order chi connectivity index (χ1) is 23.5. The minimum atomic E-state index is -2.92. The Hall–Kier alpha value is -2.22. The molecule has 0 aromatic heterocycles. The number of carboxylic acids is 3. The Kier molecular flexibility index (Phi) is 18.5. The van der Waals surface area contributed by atoms with Crippen molar-refractivity contribution < 1.29 is 168 Å². The predicted octanol–water partition coefficient (Wildman–Crippen LogP) is -17.2. The van der Waals surface area contributed by atoms with Gasteiger partial charge in [-0.3, -0.25) is 14.4 Å². The van der Waals surface area contributed by atoms with E-state index in [1.54, 1.807) is 0 Å². The molecule has 2 aromatic rings. The topological polar surface area (TPSA) is 345 Å². The van der Waals surface area contributed by atoms with Crippen LogP contribution in [0.1, 0.15) is 35.3 Å². The number of aliphatic hydroxyl groups excluding tert-OH is 4. The number of amides is 3. The molecule has 0 aliphatic carbocycles. The number of ether oxygens (including phenoxy) is 2. The van der Waals surface area contributed by atoms with E-state index in [9.17, 15) is 69.6 Å². The molecular weight excluding hydrogens is 741 g/mol. The van der Waals surface area contributed by atoms with Gasteiger partial charge in [-0.1, -0.05) is 36.4 Å². The summed E-state index contributed by atoms with van der Waals surface area (Å²) in [4.78, 5) is 72.6. The van der Waals surface area contributed by atoms with Crippen LogP contribution in [0, 0.1) is 0 Å². The number of carbonyl (C=O) groups is 6. The molecule has 2 fully saturated rings. The summed E-state index contributed by atoms with van der Waals surface area (Å²) >= 11 is 0. The van der Waals surface area contributed by atoms with Gasteiger partial charge in [0.05, 0.1) is 37.1 Å². The molecule has 9 N–H and O–H groups in total. The van der Waals surface area contributed by atoms with E-state index in [0.717, 1.165) is 24.3 Å². The van der Waals surface area contributed by atoms with Crippen molar-refractivity contribution >= 4 is 36.1 Å². The average Bonchev–Trinajstić information content (AvgIpc) is 3.08. The summed E-state index contributed by atoms with van der Waals surface area (Å²) in [7, 11) is 0. The zero-order valence-electron chi connectivity index (χ0n) is 28.6. The van der Waals surface area contributed by atoms with E-state index in [-0.39, 0.29) is 125 Å². The second kappa shape index (κ2) is 20.1. The number of nitrogens with zero attached hydrogens (tertiary/aromatic N) is 1. The molecule has 0 saturated carbocycles. The number of rotatable bonds is 15. The fourth-order valence-electron chi connectivity index (χ4n) is 5.40. The van der Waals surface area contributed by atoms with Crippen LogP contribution in [-0.4, -0.2) is 116 Å². The van der Waals surface area contributed by atoms with Crippen LogP contribution in [0.3, 0.4) is 0 Å². The molecule has 2 heterocycles. The first-order valence-corrected chi connectivity index (χ1v) is 14.7. The Morgan fingerprint density at radius 1 is 0.962 bits per heavy atom. The van der Waals surface area contributed by atoms with Crippen molar-refractivity contribution in [1.82, 2.24) is 15.5 Å². The van der Waals surface area contributed by atoms with Crippen LogP contribution >= 0.6 is 0 Å². The SMILES string of the molecule is NC(CCOc1ccc([C@@H](O)C(=O)NC2(NC=O)CN(C(C(=O)[O-])c3ccc([C@@]4(O)O[C@H](C(=O)[O-])[C@@H](O)[C@H](O)[C@H]4O)cc3)C2=O)cc1)C(=O)[O-].[Na+].[Na+].[Na+]. The van der Waals surface area contributed by atoms with Gasteiger partial charge in [-0.05, 0) is 23.3 Å². The number of β-lactam (4-membered cyclic amide) rings is 1. The number of aliphatic hydroxyl groups is 5. The quantitative estimate of drug-likeness (QED) is 0.0360. The van der Waals surface area contributed by atoms with Gasteiger partial charge in [0.15, 0.2) is 6.10 Å². The molecule has 20 nitrogen and oxygen atoms in total. The third-order valence-corrected chi connectivity index (χ3v) is 8.22. The standard InChI is InChI=1S/C30H34N4O16.3Na/c31-17(25(41)42)9-10-49-16-7-3-14(4-8-16)19(36)24(40)33-29(32-12-35)11-34(28(29)47)18(26(43)44)13-1-5-15(6-2-13)30(48)23(39)21(38)20(37)22(50-30)27(45)46;;;/h1-8,12,17-23,36-39,48H,9-11,31H2,(H,32,35)(H,33,40)(H,41,42)(H,43,44)(H,45,46);;;/q;3*+1/p-3/t17?,18?,19-,20+,21+,22+,23-,29?,30-;;;/m1.../s1. The van der Waals surface area contributed by atoms with Crippen molar-refractivity contribution in [3.05, 3.63) is 65.2 Å². The number of nitrogens with one attached hydrogen (secondary N) is 2. The molecule has 9 atom stereocenters. The van der Waals surface area contributed by atoms with Crippen LogP contribution < -0.4 is 125 Å². The maximum Gasteiger partial charge on any atom is 1.00 e. The van der Waals surface area contributed by atoms with Crippen molar-refractivity contribution in [2.75, 3.05) is 13.2 Å². The van der Waals surface area contributed by atoms with Gasteiger partial charge in [-0.2, -0.15) is 0 Å². The van der Waals surface area contributed by atoms with Gasteiger partial charge in [0, 0.05) is 18.0 Å². The Bertz CT molecular complexity index is 1640. The van der Waals surface area contributed by atoms with E-state index in [4.69, 9.17) is 15.2 Å². The molecule has 2 saturated heterocycles. The van der Waals surface area contributed by atoms with Crippen molar-refractivity contribution in [3.8, 4) is 5.75 Å². The fourth-order valence-corrected chi connectivity index (χ4v) is 5.40. The number of carbonyl (C=O) groups excluding carboxylic acids is 6. The summed E-state index contributed by atoms with van der Waals surface area (Å²) in [5.74, 6) is -10.3. The molecule has 3 amide bonds. The second-order valence-electron chi connectivity index (χ2n) is 11.4. The van der Waals surface area contributed by atoms with Crippen molar-refractivity contribution in [2.24, 2.45) is 5.73 Å². The molecule has 0 bridgehead atoms. The summed E-state index contributed by atoms with van der Waals surface area (Å²) in [6, 6.07) is 6.19. The van der Waals surface area contributed by atoms with E-state index < -0.39 is 95.9 Å². The summed E-state index contributed by atoms with van der Waals surface area (Å²) in [5.41, 5.74) is 2.60. The minimum absolute atomic E-state index is 0. The van der Waals surface area contributed by atoms with Crippen molar-refractivity contribution in [2.45, 2.75) is 60.5 Å². The Morgan fingerprint density at radius 3 is 2.02 bits per heavy atom. The first kappa shape index (κ1) is 48.8. The third-order valence-electron chi connectivity index (χ3n) is 8.22. The zero-order valence-corrected chi connectivity index (χ0v) is 34.6. The summed E-state index contributed by atoms with van der Waals surface area (Å²) in [6.45, 7) is -0.722. The molecule has 4 rings (SSSR count). The van der Waals surface area contributed by atoms with Gasteiger partial charge in [0.25, 0.3) is 11.8 Å². The largest absolute Gasteiger partial charge is 1.00 e. The molecule has 2 aliphatic rings. The van der Waals surface area contributed by atoms with E-state index >= 15 is 0 Å². The molecule has 3 unspecified atom stereocenters. The van der Waals surface area contributed by atoms with Crippen molar-refractivity contribution in [3.63, 3.8) is 0 Å². The van der Waals surface area contributed by atoms with Crippen molar-refractivity contribution in [1.29, 1.82) is 0 Å². The summed E-state index contributed by atoms with van der Waals surface area (Å²) < 4.78 is 10.3. The number of hydrogen-bond acceptors (Lipinski definition) is 17. The maximum atomic E-state index is 13.3. The molecule has 2 aliphatic heterocycles. The Labute approximate surface area is 366 Å². The second-order valence-corrected chi connectivity index (χ2v) is 11.4. The predicted molar refractivity (Wildman–Crippen MR) is 152 cm³/mol. The summed E-state index contributed by atoms with van der Waals surface area (Å²) in [5, 5.41) is 90.4. The third kappa shape index (κ3) is 10.4. The van der Waals surface area contributed by atoms with Gasteiger partial charge in [-0.25, -0.2) is 0 Å². The van der Waals surface area contributed by atoms with Crippen LogP contribution in [0.2, 0.25) is 0 Å². The number of carboxylic acid groups (broad SMARTS) is 3. The number of nitrogens with two attached hydrogens (primary N) is 1. The Balaban J connectivity index is 0.00000468. The minimum Gasteiger partial charge on any atom is -0.548 e. The van der Waals surface area contributed by atoms with Gasteiger partial charge < -0.3 is 86.0 Å². The molecule has 0 radical (unpaired) electrons. The molecule has 23 heteroatoms. The van der Waals surface area contributed by atoms with E-state index in [0.29, 0.717) is 4.90 Å². The van der Waals surface area contributed by atoms with Gasteiger partial charge in [-0.15, -0.1) is 0 Å². The molecule has 53 heavy (non-hydrogen) atoms. The average molecular weight is 773 g/mol. The normalized spacial score (nSPS) is 26.4. The van der Waals surface area contributed by atoms with Crippen LogP contribution in [-0.2, 0) is 39.3 Å². The first-order valence-electron chi connectivity index (χ1n) is 14.7. The number of benzene rings is 2. The molecule has 270 valence electrons. The number of aliphatic carboxylic acids is 3. The maximum absolute atomic E-state index is 13.3. The van der Waals surface area contributed by atoms with Crippen LogP contribution in [0.25, 0.3) is 0 Å². The number of hydrogen-bond donors (Lipinski definition) is 8. The Morgan fingerprint density at radius 2 is 1.53 bits per heavy atom. The molecule has 2 aromatic carbocycles. The van der Waals surface area contributed by atoms with Gasteiger partial charge >= 0.3 is 88.7 Å². The van der Waals surface area contributed by atoms with Crippen LogP contribution in [0.5, 0.6) is 5.75 Å². The molecular formula is C30H31N4Na3O16. The van der Waals surface area contributed by atoms with E-state index in [1.807, 2.05) is 0 Å². The van der Waals surface area contributed by atoms with Gasteiger partial charge in [0.1, 0.15) is 30.2 Å². The van der Waals surface area contributed by atoms with E-state index in [2.05, 4.69) is 10.6 Å². The number of likely N-dealkylation sites (tertiary alicyclic amines) is 1. The monoisotopic (exact) mass is 772 g/mol. The molecule has 0 spiro atoms. The zero-order chi connectivity index (χ0) is 37.1. The fraction of sp³-hybridized carbons (Fsp3) is 0.400. The summed E-state index contributed by atoms with van der Waals surface area (Å²) in [6.07, 6.45) is -10.8. The van der Waals surface area contributed by atoms with Crippen LogP contribution in [0.15, 0.2) is 48.5 Å².